The van der Waals surface area contributed by atoms with E-state index in [4.69, 9.17) is 4.74 Å². The van der Waals surface area contributed by atoms with Gasteiger partial charge in [0.15, 0.2) is 0 Å². The molecule has 0 bridgehead atoms. The normalized spacial score (nSPS) is 12.2. The fourth-order valence-corrected chi connectivity index (χ4v) is 3.06. The molecule has 1 amide bonds. The molecule has 0 saturated heterocycles. The average Bonchev–Trinajstić information content (AvgIpc) is 3.14. The van der Waals surface area contributed by atoms with Gasteiger partial charge in [-0.1, -0.05) is 24.3 Å². The van der Waals surface area contributed by atoms with Crippen molar-refractivity contribution in [1.82, 2.24) is 10.2 Å². The van der Waals surface area contributed by atoms with Crippen LogP contribution in [0, 0.1) is 0 Å². The van der Waals surface area contributed by atoms with Gasteiger partial charge in [-0.3, -0.25) is 9.89 Å². The number of hydrogen-bond acceptors (Lipinski definition) is 3. The molecular weight excluding hydrogens is 326 g/mol. The van der Waals surface area contributed by atoms with E-state index in [1.807, 2.05) is 55.5 Å². The molecule has 1 heterocycles. The summed E-state index contributed by atoms with van der Waals surface area (Å²) >= 11 is 0. The number of nitrogens with zero attached hydrogens (tertiary/aromatic N) is 1. The summed E-state index contributed by atoms with van der Waals surface area (Å²) in [5.74, 6) is 0.521. The van der Waals surface area contributed by atoms with Crippen molar-refractivity contribution in [3.63, 3.8) is 0 Å². The number of nitrogens with one attached hydrogen (secondary N) is 2. The zero-order valence-electron chi connectivity index (χ0n) is 14.6. The van der Waals surface area contributed by atoms with Gasteiger partial charge >= 0.3 is 0 Å². The lowest BCUT2D eigenvalue weighted by atomic mass is 9.97. The maximum atomic E-state index is 12.7. The molecule has 5 nitrogen and oxygen atoms in total. The average molecular weight is 345 g/mol. The van der Waals surface area contributed by atoms with E-state index in [0.29, 0.717) is 0 Å². The minimum Gasteiger partial charge on any atom is -0.497 e. The third kappa shape index (κ3) is 2.99. The standard InChI is InChI=1S/C21H19N3O2/c1-13(14-3-4-16-11-19(26-2)7-5-15(16)9-14)21(25)23-18-6-8-20-17(10-18)12-22-24-20/h3-13H,1-2H3,(H,22,24)(H,23,25)/t13-/m0/s1. The summed E-state index contributed by atoms with van der Waals surface area (Å²) < 4.78 is 5.26. The van der Waals surface area contributed by atoms with Crippen LogP contribution in [0.3, 0.4) is 0 Å². The Balaban J connectivity index is 1.56. The number of benzene rings is 3. The van der Waals surface area contributed by atoms with Crippen LogP contribution in [0.2, 0.25) is 0 Å². The van der Waals surface area contributed by atoms with Gasteiger partial charge in [0.05, 0.1) is 24.7 Å². The molecule has 0 spiro atoms. The maximum Gasteiger partial charge on any atom is 0.231 e. The smallest absolute Gasteiger partial charge is 0.231 e. The van der Waals surface area contributed by atoms with Gasteiger partial charge in [-0.05, 0) is 53.6 Å². The molecule has 26 heavy (non-hydrogen) atoms. The molecule has 130 valence electrons. The molecule has 4 aromatic rings. The Kier molecular flexibility index (Phi) is 4.05. The van der Waals surface area contributed by atoms with E-state index in [0.717, 1.165) is 38.7 Å². The molecule has 0 aliphatic rings. The number of anilines is 1. The van der Waals surface area contributed by atoms with E-state index in [1.54, 1.807) is 13.3 Å². The number of amides is 1. The molecule has 4 rings (SSSR count). The van der Waals surface area contributed by atoms with Crippen molar-refractivity contribution in [3.8, 4) is 5.75 Å². The van der Waals surface area contributed by atoms with E-state index < -0.39 is 0 Å². The highest BCUT2D eigenvalue weighted by Gasteiger charge is 2.16. The van der Waals surface area contributed by atoms with E-state index in [9.17, 15) is 4.79 Å². The lowest BCUT2D eigenvalue weighted by Crippen LogP contribution is -2.18. The first-order valence-electron chi connectivity index (χ1n) is 8.46. The fourth-order valence-electron chi connectivity index (χ4n) is 3.06. The summed E-state index contributed by atoms with van der Waals surface area (Å²) in [6, 6.07) is 17.7. The van der Waals surface area contributed by atoms with Crippen LogP contribution in [0.4, 0.5) is 5.69 Å². The molecule has 0 aliphatic carbocycles. The van der Waals surface area contributed by atoms with Crippen molar-refractivity contribution < 1.29 is 9.53 Å². The number of hydrogen-bond donors (Lipinski definition) is 2. The van der Waals surface area contributed by atoms with E-state index >= 15 is 0 Å². The summed E-state index contributed by atoms with van der Waals surface area (Å²) in [5, 5.41) is 13.0. The second-order valence-corrected chi connectivity index (χ2v) is 6.36. The molecule has 5 heteroatoms. The third-order valence-electron chi connectivity index (χ3n) is 4.67. The SMILES string of the molecule is COc1ccc2cc([C@H](C)C(=O)Nc3ccc4[nH]ncc4c3)ccc2c1. The molecule has 3 aromatic carbocycles. The van der Waals surface area contributed by atoms with Crippen LogP contribution in [-0.2, 0) is 4.79 Å². The van der Waals surface area contributed by atoms with Crippen molar-refractivity contribution in [2.45, 2.75) is 12.8 Å². The van der Waals surface area contributed by atoms with E-state index in [-0.39, 0.29) is 11.8 Å². The van der Waals surface area contributed by atoms with Crippen molar-refractivity contribution in [1.29, 1.82) is 0 Å². The summed E-state index contributed by atoms with van der Waals surface area (Å²) in [4.78, 5) is 12.7. The van der Waals surface area contributed by atoms with Gasteiger partial charge in [-0.2, -0.15) is 5.10 Å². The van der Waals surface area contributed by atoms with Crippen molar-refractivity contribution in [2.24, 2.45) is 0 Å². The number of carbonyl (C=O) groups excluding carboxylic acids is 1. The Morgan fingerprint density at radius 2 is 1.85 bits per heavy atom. The minimum absolute atomic E-state index is 0.0410. The number of aromatic nitrogens is 2. The Morgan fingerprint density at radius 1 is 1.04 bits per heavy atom. The van der Waals surface area contributed by atoms with Gasteiger partial charge < -0.3 is 10.1 Å². The van der Waals surface area contributed by atoms with Gasteiger partial charge in [-0.15, -0.1) is 0 Å². The number of aromatic amines is 1. The summed E-state index contributed by atoms with van der Waals surface area (Å²) in [6.07, 6.45) is 1.74. The monoisotopic (exact) mass is 345 g/mol. The Morgan fingerprint density at radius 3 is 2.69 bits per heavy atom. The van der Waals surface area contributed by atoms with Crippen LogP contribution in [-0.4, -0.2) is 23.2 Å². The van der Waals surface area contributed by atoms with E-state index in [2.05, 4.69) is 21.6 Å². The van der Waals surface area contributed by atoms with Gasteiger partial charge in [0, 0.05) is 11.1 Å². The Labute approximate surface area is 151 Å². The highest BCUT2D eigenvalue weighted by Crippen LogP contribution is 2.26. The molecule has 0 saturated carbocycles. The zero-order chi connectivity index (χ0) is 18.1. The summed E-state index contributed by atoms with van der Waals surface area (Å²) in [5.41, 5.74) is 2.69. The minimum atomic E-state index is -0.262. The number of methoxy groups -OCH3 is 1. The van der Waals surface area contributed by atoms with Gasteiger partial charge in [-0.25, -0.2) is 0 Å². The number of ether oxygens (including phenoxy) is 1. The quantitative estimate of drug-likeness (QED) is 0.573. The number of rotatable bonds is 4. The molecule has 0 fully saturated rings. The first-order valence-corrected chi connectivity index (χ1v) is 8.46. The Bertz CT molecular complexity index is 1100. The van der Waals surface area contributed by atoms with Crippen molar-refractivity contribution in [2.75, 3.05) is 12.4 Å². The third-order valence-corrected chi connectivity index (χ3v) is 4.67. The van der Waals surface area contributed by atoms with Crippen LogP contribution in [0.1, 0.15) is 18.4 Å². The van der Waals surface area contributed by atoms with Gasteiger partial charge in [0.25, 0.3) is 0 Å². The predicted molar refractivity (Wildman–Crippen MR) is 104 cm³/mol. The summed E-state index contributed by atoms with van der Waals surface area (Å²) in [7, 11) is 1.66. The first-order chi connectivity index (χ1) is 12.6. The number of carbonyl (C=O) groups is 1. The topological polar surface area (TPSA) is 67.0 Å². The molecule has 0 aliphatic heterocycles. The predicted octanol–water partition coefficient (Wildman–Crippen LogP) is 4.47. The molecular formula is C21H19N3O2. The molecule has 0 unspecified atom stereocenters. The van der Waals surface area contributed by atoms with E-state index in [1.165, 1.54) is 0 Å². The summed E-state index contributed by atoms with van der Waals surface area (Å²) in [6.45, 7) is 1.91. The van der Waals surface area contributed by atoms with Crippen molar-refractivity contribution >= 4 is 33.3 Å². The van der Waals surface area contributed by atoms with Crippen molar-refractivity contribution in [3.05, 3.63) is 66.4 Å². The highest BCUT2D eigenvalue weighted by molar-refractivity contribution is 5.98. The Hall–Kier alpha value is -3.34. The van der Waals surface area contributed by atoms with Gasteiger partial charge in [0.2, 0.25) is 5.91 Å². The second kappa shape index (κ2) is 6.52. The van der Waals surface area contributed by atoms with Crippen LogP contribution in [0.5, 0.6) is 5.75 Å². The molecule has 0 radical (unpaired) electrons. The first kappa shape index (κ1) is 16.1. The van der Waals surface area contributed by atoms with Gasteiger partial charge in [0.1, 0.15) is 5.75 Å². The number of H-pyrrole nitrogens is 1. The lowest BCUT2D eigenvalue weighted by molar-refractivity contribution is -0.117. The molecule has 1 aromatic heterocycles. The molecule has 1 atom stereocenters. The number of fused-ring (bicyclic) bond motifs is 2. The second-order valence-electron chi connectivity index (χ2n) is 6.36. The highest BCUT2D eigenvalue weighted by atomic mass is 16.5. The lowest BCUT2D eigenvalue weighted by Gasteiger charge is -2.14. The molecule has 2 N–H and O–H groups in total. The van der Waals surface area contributed by atoms with Crippen LogP contribution in [0.25, 0.3) is 21.7 Å². The fraction of sp³-hybridized carbons (Fsp3) is 0.143. The van der Waals surface area contributed by atoms with Crippen LogP contribution >= 0.6 is 0 Å². The van der Waals surface area contributed by atoms with Crippen LogP contribution in [0.15, 0.2) is 60.8 Å². The maximum absolute atomic E-state index is 12.7. The zero-order valence-corrected chi connectivity index (χ0v) is 14.6. The van der Waals surface area contributed by atoms with Crippen LogP contribution < -0.4 is 10.1 Å². The largest absolute Gasteiger partial charge is 0.497 e.